The lowest BCUT2D eigenvalue weighted by molar-refractivity contribution is -0.120. The molecule has 0 fully saturated rings. The van der Waals surface area contributed by atoms with Crippen LogP contribution in [-0.4, -0.2) is 11.8 Å². The lowest BCUT2D eigenvalue weighted by Crippen LogP contribution is -2.29. The van der Waals surface area contributed by atoms with Crippen molar-refractivity contribution in [2.24, 2.45) is 0 Å². The first-order valence-corrected chi connectivity index (χ1v) is 7.81. The summed E-state index contributed by atoms with van der Waals surface area (Å²) >= 11 is 0. The summed E-state index contributed by atoms with van der Waals surface area (Å²) in [6.07, 6.45) is 1.69. The van der Waals surface area contributed by atoms with E-state index in [2.05, 4.69) is 10.6 Å². The summed E-state index contributed by atoms with van der Waals surface area (Å²) in [5, 5.41) is 5.49. The van der Waals surface area contributed by atoms with E-state index in [1.54, 1.807) is 6.08 Å². The van der Waals surface area contributed by atoms with Crippen molar-refractivity contribution < 1.29 is 9.59 Å². The standard InChI is InChI=1S/C20H22N2O2/c1-13-9-7-11-18(15(13)3)22-20(24)19(21-16(4)23)12-17-10-6-5-8-14(17)2/h5-12H,1-4H3,(H,21,23)(H,22,24)/b19-12+. The third kappa shape index (κ3) is 4.32. The molecular formula is C20H22N2O2. The minimum atomic E-state index is -0.345. The molecule has 2 amide bonds. The van der Waals surface area contributed by atoms with Gasteiger partial charge in [-0.15, -0.1) is 0 Å². The molecule has 0 unspecified atom stereocenters. The van der Waals surface area contributed by atoms with Crippen LogP contribution in [0.5, 0.6) is 0 Å². The molecule has 0 aromatic heterocycles. The number of carbonyl (C=O) groups is 2. The van der Waals surface area contributed by atoms with Gasteiger partial charge in [0, 0.05) is 12.6 Å². The van der Waals surface area contributed by atoms with Crippen molar-refractivity contribution in [1.29, 1.82) is 0 Å². The van der Waals surface area contributed by atoms with Gasteiger partial charge in [-0.25, -0.2) is 0 Å². The Morgan fingerprint density at radius 3 is 2.25 bits per heavy atom. The summed E-state index contributed by atoms with van der Waals surface area (Å²) in [5.74, 6) is -0.631. The molecule has 0 aliphatic carbocycles. The minimum Gasteiger partial charge on any atom is -0.322 e. The van der Waals surface area contributed by atoms with Crippen molar-refractivity contribution in [3.63, 3.8) is 0 Å². The molecule has 0 saturated carbocycles. The molecule has 0 spiro atoms. The molecule has 2 rings (SSSR count). The van der Waals surface area contributed by atoms with Crippen LogP contribution in [-0.2, 0) is 9.59 Å². The average Bonchev–Trinajstić information content (AvgIpc) is 2.52. The van der Waals surface area contributed by atoms with Crippen LogP contribution in [0.4, 0.5) is 5.69 Å². The third-order valence-corrected chi connectivity index (χ3v) is 3.90. The van der Waals surface area contributed by atoms with Gasteiger partial charge in [-0.3, -0.25) is 9.59 Å². The molecule has 2 N–H and O–H groups in total. The van der Waals surface area contributed by atoms with Crippen LogP contribution in [0.1, 0.15) is 29.2 Å². The second-order valence-corrected chi connectivity index (χ2v) is 5.80. The van der Waals surface area contributed by atoms with Crippen LogP contribution in [0.3, 0.4) is 0 Å². The minimum absolute atomic E-state index is 0.220. The summed E-state index contributed by atoms with van der Waals surface area (Å²) < 4.78 is 0. The Morgan fingerprint density at radius 1 is 0.917 bits per heavy atom. The number of hydrogen-bond acceptors (Lipinski definition) is 2. The van der Waals surface area contributed by atoms with Gasteiger partial charge in [-0.1, -0.05) is 36.4 Å². The molecule has 0 radical (unpaired) electrons. The highest BCUT2D eigenvalue weighted by atomic mass is 16.2. The largest absolute Gasteiger partial charge is 0.322 e. The Balaban J connectivity index is 2.34. The first kappa shape index (κ1) is 17.5. The summed E-state index contributed by atoms with van der Waals surface area (Å²) in [6.45, 7) is 7.29. The highest BCUT2D eigenvalue weighted by molar-refractivity contribution is 6.08. The van der Waals surface area contributed by atoms with Crippen molar-refractivity contribution >= 4 is 23.6 Å². The number of hydrogen-bond donors (Lipinski definition) is 2. The van der Waals surface area contributed by atoms with Crippen LogP contribution in [0.25, 0.3) is 6.08 Å². The van der Waals surface area contributed by atoms with E-state index in [-0.39, 0.29) is 17.5 Å². The predicted molar refractivity (Wildman–Crippen MR) is 97.5 cm³/mol. The Kier molecular flexibility index (Phi) is 5.53. The second kappa shape index (κ2) is 7.59. The number of carbonyl (C=O) groups excluding carboxylic acids is 2. The van der Waals surface area contributed by atoms with E-state index in [0.29, 0.717) is 0 Å². The highest BCUT2D eigenvalue weighted by Gasteiger charge is 2.13. The van der Waals surface area contributed by atoms with E-state index >= 15 is 0 Å². The molecule has 4 nitrogen and oxygen atoms in total. The SMILES string of the molecule is CC(=O)N/C(=C/c1ccccc1C)C(=O)Nc1cccc(C)c1C. The van der Waals surface area contributed by atoms with Gasteiger partial charge in [0.05, 0.1) is 0 Å². The number of aryl methyl sites for hydroxylation is 2. The fourth-order valence-electron chi connectivity index (χ4n) is 2.33. The molecule has 124 valence electrons. The summed E-state index contributed by atoms with van der Waals surface area (Å²) in [7, 11) is 0. The zero-order valence-electron chi connectivity index (χ0n) is 14.4. The molecule has 2 aromatic rings. The van der Waals surface area contributed by atoms with Gasteiger partial charge in [-0.05, 0) is 55.2 Å². The highest BCUT2D eigenvalue weighted by Crippen LogP contribution is 2.19. The van der Waals surface area contributed by atoms with Crippen molar-refractivity contribution in [2.75, 3.05) is 5.32 Å². The summed E-state index contributed by atoms with van der Waals surface area (Å²) in [5.41, 5.74) is 4.97. The number of benzene rings is 2. The lowest BCUT2D eigenvalue weighted by Gasteiger charge is -2.13. The van der Waals surface area contributed by atoms with Crippen LogP contribution < -0.4 is 10.6 Å². The predicted octanol–water partition coefficient (Wildman–Crippen LogP) is 3.73. The van der Waals surface area contributed by atoms with Gasteiger partial charge in [-0.2, -0.15) is 0 Å². The van der Waals surface area contributed by atoms with E-state index in [4.69, 9.17) is 0 Å². The van der Waals surface area contributed by atoms with Gasteiger partial charge < -0.3 is 10.6 Å². The Hall–Kier alpha value is -2.88. The maximum absolute atomic E-state index is 12.6. The van der Waals surface area contributed by atoms with Gasteiger partial charge in [0.2, 0.25) is 5.91 Å². The molecular weight excluding hydrogens is 300 g/mol. The molecule has 4 heteroatoms. The van der Waals surface area contributed by atoms with Gasteiger partial charge in [0.15, 0.2) is 0 Å². The maximum atomic E-state index is 12.6. The van der Waals surface area contributed by atoms with Crippen LogP contribution in [0.15, 0.2) is 48.2 Å². The molecule has 0 bridgehead atoms. The summed E-state index contributed by atoms with van der Waals surface area (Å²) in [6, 6.07) is 13.4. The molecule has 0 saturated heterocycles. The van der Waals surface area contributed by atoms with E-state index in [1.165, 1.54) is 6.92 Å². The Bertz CT molecular complexity index is 807. The van der Waals surface area contributed by atoms with Crippen LogP contribution in [0, 0.1) is 20.8 Å². The Morgan fingerprint density at radius 2 is 1.58 bits per heavy atom. The molecule has 0 aliphatic heterocycles. The number of amides is 2. The molecule has 24 heavy (non-hydrogen) atoms. The van der Waals surface area contributed by atoms with Crippen molar-refractivity contribution in [1.82, 2.24) is 5.32 Å². The number of rotatable bonds is 4. The topological polar surface area (TPSA) is 58.2 Å². The summed E-state index contributed by atoms with van der Waals surface area (Å²) in [4.78, 5) is 24.1. The molecule has 0 atom stereocenters. The zero-order chi connectivity index (χ0) is 17.7. The Labute approximate surface area is 142 Å². The molecule has 0 heterocycles. The number of anilines is 1. The zero-order valence-corrected chi connectivity index (χ0v) is 14.4. The van der Waals surface area contributed by atoms with Gasteiger partial charge in [0.1, 0.15) is 5.70 Å². The first-order valence-electron chi connectivity index (χ1n) is 7.81. The van der Waals surface area contributed by atoms with Crippen molar-refractivity contribution in [3.8, 4) is 0 Å². The normalized spacial score (nSPS) is 11.1. The molecule has 0 aliphatic rings. The quantitative estimate of drug-likeness (QED) is 0.843. The third-order valence-electron chi connectivity index (χ3n) is 3.90. The maximum Gasteiger partial charge on any atom is 0.272 e. The van der Waals surface area contributed by atoms with Gasteiger partial charge in [0.25, 0.3) is 5.91 Å². The monoisotopic (exact) mass is 322 g/mol. The van der Waals surface area contributed by atoms with Crippen LogP contribution in [0.2, 0.25) is 0 Å². The fraction of sp³-hybridized carbons (Fsp3) is 0.200. The molecule has 2 aromatic carbocycles. The van der Waals surface area contributed by atoms with Crippen molar-refractivity contribution in [3.05, 3.63) is 70.4 Å². The van der Waals surface area contributed by atoms with E-state index < -0.39 is 0 Å². The van der Waals surface area contributed by atoms with Crippen LogP contribution >= 0.6 is 0 Å². The van der Waals surface area contributed by atoms with E-state index in [9.17, 15) is 9.59 Å². The average molecular weight is 322 g/mol. The van der Waals surface area contributed by atoms with Gasteiger partial charge >= 0.3 is 0 Å². The fourth-order valence-corrected chi connectivity index (χ4v) is 2.33. The first-order chi connectivity index (χ1) is 11.4. The second-order valence-electron chi connectivity index (χ2n) is 5.80. The van der Waals surface area contributed by atoms with Crippen molar-refractivity contribution in [2.45, 2.75) is 27.7 Å². The van der Waals surface area contributed by atoms with E-state index in [0.717, 1.165) is 27.9 Å². The smallest absolute Gasteiger partial charge is 0.272 e. The number of nitrogens with one attached hydrogen (secondary N) is 2. The lowest BCUT2D eigenvalue weighted by atomic mass is 10.1. The van der Waals surface area contributed by atoms with E-state index in [1.807, 2.05) is 63.2 Å².